The summed E-state index contributed by atoms with van der Waals surface area (Å²) in [6.45, 7) is 1.83. The van der Waals surface area contributed by atoms with Gasteiger partial charge in [-0.25, -0.2) is 5.01 Å². The lowest BCUT2D eigenvalue weighted by Gasteiger charge is -2.26. The van der Waals surface area contributed by atoms with E-state index in [1.807, 2.05) is 6.92 Å². The fourth-order valence-electron chi connectivity index (χ4n) is 3.04. The van der Waals surface area contributed by atoms with Gasteiger partial charge in [0.25, 0.3) is 11.8 Å². The average Bonchev–Trinajstić information content (AvgIpc) is 2.88. The van der Waals surface area contributed by atoms with Gasteiger partial charge in [0.1, 0.15) is 0 Å². The van der Waals surface area contributed by atoms with Gasteiger partial charge in [0.15, 0.2) is 0 Å². The lowest BCUT2D eigenvalue weighted by molar-refractivity contribution is -0.116. The molecule has 0 atom stereocenters. The molecule has 122 valence electrons. The first-order valence-corrected chi connectivity index (χ1v) is 8.06. The Morgan fingerprint density at radius 1 is 1.22 bits per heavy atom. The van der Waals surface area contributed by atoms with Gasteiger partial charge in [0, 0.05) is 23.4 Å². The van der Waals surface area contributed by atoms with Crippen molar-refractivity contribution in [2.24, 2.45) is 10.8 Å². The van der Waals surface area contributed by atoms with Gasteiger partial charge in [-0.1, -0.05) is 0 Å². The van der Waals surface area contributed by atoms with Gasteiger partial charge >= 0.3 is 0 Å². The van der Waals surface area contributed by atoms with Crippen LogP contribution in [0.25, 0.3) is 0 Å². The molecule has 3 rings (SSSR count). The number of carbonyl (C=O) groups excluding carboxylic acids is 2. The normalized spacial score (nSPS) is 24.5. The van der Waals surface area contributed by atoms with Gasteiger partial charge in [-0.05, 0) is 56.9 Å². The predicted molar refractivity (Wildman–Crippen MR) is 89.4 cm³/mol. The zero-order valence-electron chi connectivity index (χ0n) is 13.3. The topological polar surface area (TPSA) is 87.8 Å². The van der Waals surface area contributed by atoms with E-state index >= 15 is 0 Å². The molecule has 0 spiro atoms. The van der Waals surface area contributed by atoms with E-state index in [1.165, 1.54) is 5.01 Å². The molecular weight excluding hydrogens is 292 g/mol. The van der Waals surface area contributed by atoms with E-state index in [0.29, 0.717) is 17.7 Å². The molecule has 23 heavy (non-hydrogen) atoms. The summed E-state index contributed by atoms with van der Waals surface area (Å²) in [7, 11) is 0. The molecule has 1 aromatic rings. The van der Waals surface area contributed by atoms with Crippen molar-refractivity contribution < 1.29 is 9.59 Å². The summed E-state index contributed by atoms with van der Waals surface area (Å²) in [5.41, 5.74) is 7.96. The van der Waals surface area contributed by atoms with Gasteiger partial charge in [0.2, 0.25) is 0 Å². The van der Waals surface area contributed by atoms with Crippen LogP contribution in [-0.2, 0) is 4.79 Å². The van der Waals surface area contributed by atoms with Crippen LogP contribution in [0, 0.1) is 0 Å². The standard InChI is InChI=1S/C17H22N4O2/c1-11-10-16(22)21(20-11)15-8-2-12(3-9-15)17(23)19-14-6-4-13(18)5-7-14/h2-3,8-9,13-14H,4-7,10,18H2,1H3,(H,19,23). The molecular formula is C17H22N4O2. The smallest absolute Gasteiger partial charge is 0.253 e. The maximum atomic E-state index is 12.3. The molecule has 6 nitrogen and oxygen atoms in total. The van der Waals surface area contributed by atoms with Crippen LogP contribution in [0.1, 0.15) is 49.4 Å². The minimum atomic E-state index is -0.0792. The fraction of sp³-hybridized carbons (Fsp3) is 0.471. The summed E-state index contributed by atoms with van der Waals surface area (Å²) in [4.78, 5) is 24.1. The van der Waals surface area contributed by atoms with E-state index in [4.69, 9.17) is 5.73 Å². The summed E-state index contributed by atoms with van der Waals surface area (Å²) in [6.07, 6.45) is 4.13. The number of anilines is 1. The fourth-order valence-corrected chi connectivity index (χ4v) is 3.04. The van der Waals surface area contributed by atoms with Gasteiger partial charge in [-0.3, -0.25) is 9.59 Å². The molecule has 1 fully saturated rings. The molecule has 0 radical (unpaired) electrons. The monoisotopic (exact) mass is 314 g/mol. The third kappa shape index (κ3) is 3.59. The summed E-state index contributed by atoms with van der Waals surface area (Å²) in [6, 6.07) is 7.45. The predicted octanol–water partition coefficient (Wildman–Crippen LogP) is 1.80. The maximum Gasteiger partial charge on any atom is 0.253 e. The number of rotatable bonds is 3. The Balaban J connectivity index is 1.63. The Morgan fingerprint density at radius 3 is 2.43 bits per heavy atom. The average molecular weight is 314 g/mol. The van der Waals surface area contributed by atoms with Crippen molar-refractivity contribution in [1.82, 2.24) is 5.32 Å². The van der Waals surface area contributed by atoms with Crippen molar-refractivity contribution in [3.05, 3.63) is 29.8 Å². The second kappa shape index (κ2) is 6.50. The molecule has 2 amide bonds. The van der Waals surface area contributed by atoms with E-state index in [-0.39, 0.29) is 23.9 Å². The van der Waals surface area contributed by atoms with E-state index in [1.54, 1.807) is 24.3 Å². The first-order valence-electron chi connectivity index (χ1n) is 8.06. The molecule has 1 aliphatic carbocycles. The van der Waals surface area contributed by atoms with Crippen LogP contribution >= 0.6 is 0 Å². The molecule has 1 aliphatic heterocycles. The molecule has 1 aromatic carbocycles. The quantitative estimate of drug-likeness (QED) is 0.891. The van der Waals surface area contributed by atoms with Crippen molar-refractivity contribution in [2.45, 2.75) is 51.1 Å². The molecule has 0 aromatic heterocycles. The molecule has 0 saturated heterocycles. The van der Waals surface area contributed by atoms with E-state index < -0.39 is 0 Å². The van der Waals surface area contributed by atoms with Crippen molar-refractivity contribution in [3.8, 4) is 0 Å². The Hall–Kier alpha value is -2.21. The third-order valence-corrected chi connectivity index (χ3v) is 4.40. The van der Waals surface area contributed by atoms with Crippen molar-refractivity contribution in [1.29, 1.82) is 0 Å². The zero-order valence-corrected chi connectivity index (χ0v) is 13.3. The second-order valence-corrected chi connectivity index (χ2v) is 6.35. The lowest BCUT2D eigenvalue weighted by atomic mass is 9.91. The highest BCUT2D eigenvalue weighted by molar-refractivity contribution is 6.12. The number of hydrazone groups is 1. The van der Waals surface area contributed by atoms with Crippen LogP contribution in [0.15, 0.2) is 29.4 Å². The van der Waals surface area contributed by atoms with Gasteiger partial charge in [0.05, 0.1) is 12.1 Å². The lowest BCUT2D eigenvalue weighted by Crippen LogP contribution is -2.40. The highest BCUT2D eigenvalue weighted by atomic mass is 16.2. The van der Waals surface area contributed by atoms with Crippen LogP contribution in [0.3, 0.4) is 0 Å². The Kier molecular flexibility index (Phi) is 4.43. The third-order valence-electron chi connectivity index (χ3n) is 4.40. The SMILES string of the molecule is CC1=NN(c2ccc(C(=O)NC3CCC(N)CC3)cc2)C(=O)C1. The number of amides is 2. The number of benzene rings is 1. The summed E-state index contributed by atoms with van der Waals surface area (Å²) >= 11 is 0. The minimum Gasteiger partial charge on any atom is -0.349 e. The number of carbonyl (C=O) groups is 2. The van der Waals surface area contributed by atoms with Crippen LogP contribution < -0.4 is 16.1 Å². The van der Waals surface area contributed by atoms with Gasteiger partial charge in [-0.2, -0.15) is 5.10 Å². The molecule has 1 heterocycles. The molecule has 0 bridgehead atoms. The van der Waals surface area contributed by atoms with Crippen LogP contribution in [0.4, 0.5) is 5.69 Å². The van der Waals surface area contributed by atoms with E-state index in [9.17, 15) is 9.59 Å². The molecule has 1 saturated carbocycles. The minimum absolute atomic E-state index is 0.0433. The summed E-state index contributed by atoms with van der Waals surface area (Å²) in [5, 5.41) is 8.65. The number of nitrogens with two attached hydrogens (primary N) is 1. The Bertz CT molecular complexity index is 630. The van der Waals surface area contributed by atoms with Gasteiger partial charge in [-0.15, -0.1) is 0 Å². The summed E-state index contributed by atoms with van der Waals surface area (Å²) < 4.78 is 0. The number of nitrogens with one attached hydrogen (secondary N) is 1. The first kappa shape index (κ1) is 15.7. The Morgan fingerprint density at radius 2 is 1.87 bits per heavy atom. The van der Waals surface area contributed by atoms with E-state index in [2.05, 4.69) is 10.4 Å². The maximum absolute atomic E-state index is 12.3. The Labute approximate surface area is 135 Å². The van der Waals surface area contributed by atoms with Crippen molar-refractivity contribution in [2.75, 3.05) is 5.01 Å². The highest BCUT2D eigenvalue weighted by Crippen LogP contribution is 2.21. The van der Waals surface area contributed by atoms with Crippen LogP contribution in [0.2, 0.25) is 0 Å². The van der Waals surface area contributed by atoms with E-state index in [0.717, 1.165) is 31.4 Å². The van der Waals surface area contributed by atoms with Crippen LogP contribution in [-0.4, -0.2) is 29.6 Å². The number of hydrogen-bond donors (Lipinski definition) is 2. The molecule has 3 N–H and O–H groups in total. The first-order chi connectivity index (χ1) is 11.0. The summed E-state index contributed by atoms with van der Waals surface area (Å²) in [5.74, 6) is -0.123. The highest BCUT2D eigenvalue weighted by Gasteiger charge is 2.23. The zero-order chi connectivity index (χ0) is 16.4. The number of hydrogen-bond acceptors (Lipinski definition) is 4. The van der Waals surface area contributed by atoms with Crippen LogP contribution in [0.5, 0.6) is 0 Å². The molecule has 0 unspecified atom stereocenters. The van der Waals surface area contributed by atoms with Crippen molar-refractivity contribution in [3.63, 3.8) is 0 Å². The van der Waals surface area contributed by atoms with Gasteiger partial charge < -0.3 is 11.1 Å². The number of nitrogens with zero attached hydrogens (tertiary/aromatic N) is 2. The second-order valence-electron chi connectivity index (χ2n) is 6.35. The van der Waals surface area contributed by atoms with Crippen molar-refractivity contribution >= 4 is 23.2 Å². The molecule has 2 aliphatic rings. The molecule has 6 heteroatoms. The largest absolute Gasteiger partial charge is 0.349 e.